The molecule has 4 nitrogen and oxygen atoms in total. The molecule has 2 aromatic rings. The van der Waals surface area contributed by atoms with Crippen molar-refractivity contribution in [1.82, 2.24) is 15.6 Å². The van der Waals surface area contributed by atoms with Gasteiger partial charge in [0.25, 0.3) is 0 Å². The van der Waals surface area contributed by atoms with E-state index < -0.39 is 0 Å². The molecule has 2 heterocycles. The Hall–Kier alpha value is -1.72. The number of carbonyl (C=O) groups excluding carboxylic acids is 1. The average molecular weight is 287 g/mol. The van der Waals surface area contributed by atoms with E-state index >= 15 is 0 Å². The highest BCUT2D eigenvalue weighted by Gasteiger charge is 2.25. The summed E-state index contributed by atoms with van der Waals surface area (Å²) in [6, 6.07) is 7.88. The number of amides is 1. The fourth-order valence-corrected chi connectivity index (χ4v) is 3.20. The number of carbonyl (C=O) groups is 1. The van der Waals surface area contributed by atoms with Crippen LogP contribution in [0.4, 0.5) is 0 Å². The molecular weight excluding hydrogens is 270 g/mol. The van der Waals surface area contributed by atoms with Crippen molar-refractivity contribution in [3.63, 3.8) is 0 Å². The van der Waals surface area contributed by atoms with Gasteiger partial charge in [-0.15, -0.1) is 11.3 Å². The summed E-state index contributed by atoms with van der Waals surface area (Å²) in [5, 5.41) is 9.20. The van der Waals surface area contributed by atoms with Crippen LogP contribution in [0.5, 0.6) is 0 Å². The maximum atomic E-state index is 12.3. The van der Waals surface area contributed by atoms with Gasteiger partial charge in [-0.05, 0) is 24.5 Å². The number of thiazole rings is 1. The molecular formula is C15H17N3OS. The molecule has 0 aliphatic carbocycles. The Labute approximate surface area is 122 Å². The molecule has 1 aromatic carbocycles. The Kier molecular flexibility index (Phi) is 3.80. The van der Waals surface area contributed by atoms with Crippen LogP contribution in [0.15, 0.2) is 29.6 Å². The van der Waals surface area contributed by atoms with Gasteiger partial charge in [0.2, 0.25) is 5.91 Å². The van der Waals surface area contributed by atoms with E-state index in [0.29, 0.717) is 6.54 Å². The Morgan fingerprint density at radius 1 is 1.50 bits per heavy atom. The van der Waals surface area contributed by atoms with Gasteiger partial charge in [0.15, 0.2) is 0 Å². The van der Waals surface area contributed by atoms with Crippen molar-refractivity contribution >= 4 is 17.2 Å². The molecule has 0 fully saturated rings. The van der Waals surface area contributed by atoms with Crippen molar-refractivity contribution in [3.8, 4) is 0 Å². The number of rotatable bonds is 3. The van der Waals surface area contributed by atoms with E-state index in [4.69, 9.17) is 0 Å². The van der Waals surface area contributed by atoms with E-state index in [1.165, 1.54) is 5.56 Å². The maximum absolute atomic E-state index is 12.3. The summed E-state index contributed by atoms with van der Waals surface area (Å²) in [5.74, 6) is 0.0185. The maximum Gasteiger partial charge on any atom is 0.242 e. The molecule has 2 N–H and O–H groups in total. The number of aromatic nitrogens is 1. The van der Waals surface area contributed by atoms with E-state index in [9.17, 15) is 4.79 Å². The number of hydrogen-bond acceptors (Lipinski definition) is 4. The lowest BCUT2D eigenvalue weighted by molar-refractivity contribution is -0.123. The Morgan fingerprint density at radius 2 is 2.35 bits per heavy atom. The first-order valence-corrected chi connectivity index (χ1v) is 7.62. The van der Waals surface area contributed by atoms with Crippen LogP contribution in [0.1, 0.15) is 27.9 Å². The number of benzene rings is 1. The average Bonchev–Trinajstić information content (AvgIpc) is 2.90. The molecule has 0 spiro atoms. The fourth-order valence-electron chi connectivity index (χ4n) is 2.49. The normalized spacial score (nSPS) is 17.6. The van der Waals surface area contributed by atoms with Gasteiger partial charge in [-0.1, -0.05) is 24.3 Å². The molecule has 3 rings (SSSR count). The monoisotopic (exact) mass is 287 g/mol. The number of nitrogens with one attached hydrogen (secondary N) is 2. The van der Waals surface area contributed by atoms with Gasteiger partial charge in [0.05, 0.1) is 6.54 Å². The van der Waals surface area contributed by atoms with E-state index in [0.717, 1.165) is 29.2 Å². The van der Waals surface area contributed by atoms with E-state index in [1.54, 1.807) is 11.3 Å². The van der Waals surface area contributed by atoms with Crippen molar-refractivity contribution in [2.45, 2.75) is 25.9 Å². The van der Waals surface area contributed by atoms with Gasteiger partial charge in [0, 0.05) is 17.6 Å². The summed E-state index contributed by atoms with van der Waals surface area (Å²) >= 11 is 1.58. The summed E-state index contributed by atoms with van der Waals surface area (Å²) in [6.45, 7) is 3.30. The second-order valence-corrected chi connectivity index (χ2v) is 5.88. The molecule has 1 aliphatic rings. The lowest BCUT2D eigenvalue weighted by atomic mass is 9.94. The van der Waals surface area contributed by atoms with Gasteiger partial charge < -0.3 is 10.6 Å². The van der Waals surface area contributed by atoms with Gasteiger partial charge in [-0.25, -0.2) is 4.98 Å². The zero-order valence-corrected chi connectivity index (χ0v) is 12.2. The summed E-state index contributed by atoms with van der Waals surface area (Å²) in [4.78, 5) is 16.7. The van der Waals surface area contributed by atoms with E-state index in [2.05, 4.69) is 21.7 Å². The Morgan fingerprint density at radius 3 is 3.15 bits per heavy atom. The predicted molar refractivity (Wildman–Crippen MR) is 79.6 cm³/mol. The van der Waals surface area contributed by atoms with E-state index in [1.807, 2.05) is 30.5 Å². The number of fused-ring (bicyclic) bond motifs is 1. The van der Waals surface area contributed by atoms with E-state index in [-0.39, 0.29) is 11.9 Å². The fraction of sp³-hybridized carbons (Fsp3) is 0.333. The zero-order chi connectivity index (χ0) is 13.9. The highest BCUT2D eigenvalue weighted by Crippen LogP contribution is 2.22. The molecule has 1 unspecified atom stereocenters. The van der Waals surface area contributed by atoms with Crippen molar-refractivity contribution in [3.05, 3.63) is 51.5 Å². The van der Waals surface area contributed by atoms with Crippen LogP contribution in [0.25, 0.3) is 0 Å². The van der Waals surface area contributed by atoms with Crippen LogP contribution >= 0.6 is 11.3 Å². The topological polar surface area (TPSA) is 54.0 Å². The van der Waals surface area contributed by atoms with Crippen molar-refractivity contribution in [2.24, 2.45) is 0 Å². The van der Waals surface area contributed by atoms with Crippen LogP contribution in [-0.4, -0.2) is 17.4 Å². The van der Waals surface area contributed by atoms with Crippen molar-refractivity contribution < 1.29 is 4.79 Å². The first kappa shape index (κ1) is 13.3. The molecule has 20 heavy (non-hydrogen) atoms. The van der Waals surface area contributed by atoms with Gasteiger partial charge in [-0.2, -0.15) is 0 Å². The third kappa shape index (κ3) is 2.73. The predicted octanol–water partition coefficient (Wildman–Crippen LogP) is 1.95. The second-order valence-electron chi connectivity index (χ2n) is 4.94. The molecule has 0 radical (unpaired) electrons. The first-order chi connectivity index (χ1) is 9.74. The summed E-state index contributed by atoms with van der Waals surface area (Å²) < 4.78 is 0. The summed E-state index contributed by atoms with van der Waals surface area (Å²) in [6.07, 6.45) is 0.978. The smallest absolute Gasteiger partial charge is 0.242 e. The van der Waals surface area contributed by atoms with Crippen LogP contribution in [0.2, 0.25) is 0 Å². The minimum atomic E-state index is -0.249. The highest BCUT2D eigenvalue weighted by molar-refractivity contribution is 7.09. The Bertz CT molecular complexity index is 623. The second kappa shape index (κ2) is 5.73. The van der Waals surface area contributed by atoms with Crippen LogP contribution in [0, 0.1) is 6.92 Å². The van der Waals surface area contributed by atoms with Gasteiger partial charge >= 0.3 is 0 Å². The molecule has 5 heteroatoms. The standard InChI is InChI=1S/C15H17N3OS/c1-10-9-20-13(18-10)8-17-15(19)14-12-5-3-2-4-11(12)6-7-16-14/h2-5,9,14,16H,6-8H2,1H3,(H,17,19). The molecule has 1 aliphatic heterocycles. The third-order valence-electron chi connectivity index (χ3n) is 3.45. The van der Waals surface area contributed by atoms with Gasteiger partial charge in [0.1, 0.15) is 11.0 Å². The molecule has 0 saturated heterocycles. The van der Waals surface area contributed by atoms with Crippen LogP contribution < -0.4 is 10.6 Å². The molecule has 0 bridgehead atoms. The van der Waals surface area contributed by atoms with Crippen molar-refractivity contribution in [1.29, 1.82) is 0 Å². The lowest BCUT2D eigenvalue weighted by Crippen LogP contribution is -2.41. The Balaban J connectivity index is 1.69. The molecule has 1 atom stereocenters. The minimum absolute atomic E-state index is 0.0185. The number of hydrogen-bond donors (Lipinski definition) is 2. The van der Waals surface area contributed by atoms with Crippen molar-refractivity contribution in [2.75, 3.05) is 6.54 Å². The van der Waals surface area contributed by atoms with Crippen LogP contribution in [-0.2, 0) is 17.8 Å². The summed E-state index contributed by atoms with van der Waals surface area (Å²) in [5.41, 5.74) is 3.35. The highest BCUT2D eigenvalue weighted by atomic mass is 32.1. The minimum Gasteiger partial charge on any atom is -0.348 e. The summed E-state index contributed by atoms with van der Waals surface area (Å²) in [7, 11) is 0. The third-order valence-corrected chi connectivity index (χ3v) is 4.42. The van der Waals surface area contributed by atoms with Crippen LogP contribution in [0.3, 0.4) is 0 Å². The largest absolute Gasteiger partial charge is 0.348 e. The SMILES string of the molecule is Cc1csc(CNC(=O)C2NCCc3ccccc32)n1. The molecule has 0 saturated carbocycles. The lowest BCUT2D eigenvalue weighted by Gasteiger charge is -2.25. The number of aryl methyl sites for hydroxylation is 1. The first-order valence-electron chi connectivity index (χ1n) is 6.74. The zero-order valence-electron chi connectivity index (χ0n) is 11.3. The molecule has 1 amide bonds. The molecule has 1 aromatic heterocycles. The number of nitrogens with zero attached hydrogens (tertiary/aromatic N) is 1. The molecule has 104 valence electrons. The quantitative estimate of drug-likeness (QED) is 0.907. The van der Waals surface area contributed by atoms with Gasteiger partial charge in [-0.3, -0.25) is 4.79 Å².